The van der Waals surface area contributed by atoms with Crippen LogP contribution < -0.4 is 5.32 Å². The fourth-order valence-electron chi connectivity index (χ4n) is 2.71. The van der Waals surface area contributed by atoms with Gasteiger partial charge in [-0.2, -0.15) is 8.78 Å². The third kappa shape index (κ3) is 4.95. The van der Waals surface area contributed by atoms with Crippen LogP contribution in [-0.4, -0.2) is 35.7 Å². The second-order valence-electron chi connectivity index (χ2n) is 5.81. The minimum atomic E-state index is -2.43. The van der Waals surface area contributed by atoms with E-state index in [0.29, 0.717) is 28.3 Å². The summed E-state index contributed by atoms with van der Waals surface area (Å²) >= 11 is 0.501. The zero-order valence-electron chi connectivity index (χ0n) is 12.9. The molecule has 0 bridgehead atoms. The van der Waals surface area contributed by atoms with Crippen molar-refractivity contribution in [2.45, 2.75) is 43.4 Å². The summed E-state index contributed by atoms with van der Waals surface area (Å²) in [5.41, 5.74) is 0.639. The number of carbonyl (C=O) groups excluding carboxylic acids is 1. The van der Waals surface area contributed by atoms with Gasteiger partial charge in [0.15, 0.2) is 0 Å². The number of halogens is 2. The molecule has 6 heteroatoms. The van der Waals surface area contributed by atoms with E-state index >= 15 is 0 Å². The lowest BCUT2D eigenvalue weighted by Crippen LogP contribution is -2.46. The summed E-state index contributed by atoms with van der Waals surface area (Å²) in [5.74, 6) is -1.86. The molecule has 0 spiro atoms. The van der Waals surface area contributed by atoms with Crippen LogP contribution in [0.1, 0.15) is 26.7 Å². The van der Waals surface area contributed by atoms with Crippen LogP contribution in [0.2, 0.25) is 0 Å². The number of rotatable bonds is 5. The van der Waals surface area contributed by atoms with Crippen LogP contribution in [0, 0.1) is 5.92 Å². The number of benzene rings is 1. The summed E-state index contributed by atoms with van der Waals surface area (Å²) in [6, 6.07) is 6.33. The maximum Gasteiger partial charge on any atom is 0.288 e. The molecule has 1 amide bonds. The van der Waals surface area contributed by atoms with E-state index in [4.69, 9.17) is 0 Å². The second kappa shape index (κ2) is 7.92. The Labute approximate surface area is 134 Å². The number of thioether (sulfide) groups is 1. The van der Waals surface area contributed by atoms with E-state index in [-0.39, 0.29) is 11.9 Å². The number of carbonyl (C=O) groups is 1. The van der Waals surface area contributed by atoms with Gasteiger partial charge in [0.05, 0.1) is 6.04 Å². The van der Waals surface area contributed by atoms with Crippen molar-refractivity contribution in [2.75, 3.05) is 18.4 Å². The van der Waals surface area contributed by atoms with Gasteiger partial charge in [-0.25, -0.2) is 0 Å². The van der Waals surface area contributed by atoms with Gasteiger partial charge in [0.25, 0.3) is 5.76 Å². The van der Waals surface area contributed by atoms with Crippen molar-refractivity contribution in [1.29, 1.82) is 0 Å². The summed E-state index contributed by atoms with van der Waals surface area (Å²) < 4.78 is 24.5. The highest BCUT2D eigenvalue weighted by molar-refractivity contribution is 7.99. The number of likely N-dealkylation sites (tertiary alicyclic amines) is 1. The van der Waals surface area contributed by atoms with Gasteiger partial charge in [-0.1, -0.05) is 18.7 Å². The molecule has 2 atom stereocenters. The van der Waals surface area contributed by atoms with Crippen molar-refractivity contribution in [1.82, 2.24) is 4.90 Å². The molecule has 0 unspecified atom stereocenters. The number of piperidine rings is 1. The van der Waals surface area contributed by atoms with Gasteiger partial charge in [0.1, 0.15) is 0 Å². The lowest BCUT2D eigenvalue weighted by molar-refractivity contribution is -0.121. The standard InChI is InChI=1S/C16H22F2N2OS/c1-11-4-3-9-20(10-11)12(2)15(21)19-13-5-7-14(8-6-13)22-16(17)18/h5-8,11-12,16H,3-4,9-10H2,1-2H3,(H,19,21)/t11-,12+/m1/s1. The molecule has 0 saturated carbocycles. The monoisotopic (exact) mass is 328 g/mol. The summed E-state index contributed by atoms with van der Waals surface area (Å²) in [7, 11) is 0. The summed E-state index contributed by atoms with van der Waals surface area (Å²) in [4.78, 5) is 15.0. The first kappa shape index (κ1) is 17.2. The molecule has 3 nitrogen and oxygen atoms in total. The van der Waals surface area contributed by atoms with E-state index in [1.54, 1.807) is 24.3 Å². The van der Waals surface area contributed by atoms with E-state index in [2.05, 4.69) is 17.1 Å². The molecule has 1 N–H and O–H groups in total. The average Bonchev–Trinajstić information content (AvgIpc) is 2.48. The maximum atomic E-state index is 12.3. The topological polar surface area (TPSA) is 32.3 Å². The van der Waals surface area contributed by atoms with Crippen LogP contribution >= 0.6 is 11.8 Å². The molecule has 22 heavy (non-hydrogen) atoms. The highest BCUT2D eigenvalue weighted by Crippen LogP contribution is 2.26. The molecule has 0 aliphatic carbocycles. The summed E-state index contributed by atoms with van der Waals surface area (Å²) in [6.45, 7) is 6.01. The van der Waals surface area contributed by atoms with Gasteiger partial charge in [-0.05, 0) is 56.5 Å². The minimum Gasteiger partial charge on any atom is -0.325 e. The Morgan fingerprint density at radius 2 is 2.05 bits per heavy atom. The Kier molecular flexibility index (Phi) is 6.20. The number of alkyl halides is 2. The predicted molar refractivity (Wildman–Crippen MR) is 86.4 cm³/mol. The molecular formula is C16H22F2N2OS. The van der Waals surface area contributed by atoms with E-state index in [1.165, 1.54) is 6.42 Å². The number of nitrogens with one attached hydrogen (secondary N) is 1. The van der Waals surface area contributed by atoms with Gasteiger partial charge in [0, 0.05) is 17.1 Å². The van der Waals surface area contributed by atoms with Crippen LogP contribution in [0.5, 0.6) is 0 Å². The van der Waals surface area contributed by atoms with Crippen molar-refractivity contribution in [3.8, 4) is 0 Å². The summed E-state index contributed by atoms with van der Waals surface area (Å²) in [5, 5.41) is 2.86. The van der Waals surface area contributed by atoms with Crippen molar-refractivity contribution >= 4 is 23.4 Å². The van der Waals surface area contributed by atoms with E-state index in [9.17, 15) is 13.6 Å². The largest absolute Gasteiger partial charge is 0.325 e. The molecule has 1 saturated heterocycles. The second-order valence-corrected chi connectivity index (χ2v) is 6.87. The maximum absolute atomic E-state index is 12.3. The first-order valence-electron chi connectivity index (χ1n) is 7.55. The van der Waals surface area contributed by atoms with Gasteiger partial charge in [-0.3, -0.25) is 9.69 Å². The molecule has 122 valence electrons. The van der Waals surface area contributed by atoms with Crippen LogP contribution in [0.4, 0.5) is 14.5 Å². The zero-order valence-corrected chi connectivity index (χ0v) is 13.7. The Hall–Kier alpha value is -1.14. The van der Waals surface area contributed by atoms with Crippen LogP contribution in [0.15, 0.2) is 29.2 Å². The number of anilines is 1. The first-order chi connectivity index (χ1) is 10.5. The van der Waals surface area contributed by atoms with Crippen LogP contribution in [-0.2, 0) is 4.79 Å². The lowest BCUT2D eigenvalue weighted by atomic mass is 9.99. The molecule has 1 heterocycles. The van der Waals surface area contributed by atoms with E-state index in [0.717, 1.165) is 19.5 Å². The Bertz CT molecular complexity index is 495. The highest BCUT2D eigenvalue weighted by Gasteiger charge is 2.25. The number of hydrogen-bond acceptors (Lipinski definition) is 3. The fraction of sp³-hybridized carbons (Fsp3) is 0.562. The third-order valence-electron chi connectivity index (χ3n) is 3.96. The van der Waals surface area contributed by atoms with Gasteiger partial charge < -0.3 is 5.32 Å². The van der Waals surface area contributed by atoms with Crippen LogP contribution in [0.3, 0.4) is 0 Å². The average molecular weight is 328 g/mol. The summed E-state index contributed by atoms with van der Waals surface area (Å²) in [6.07, 6.45) is 2.34. The molecule has 1 aliphatic rings. The number of nitrogens with zero attached hydrogens (tertiary/aromatic N) is 1. The molecule has 1 aromatic rings. The molecule has 2 rings (SSSR count). The third-order valence-corrected chi connectivity index (χ3v) is 4.69. The van der Waals surface area contributed by atoms with Gasteiger partial charge >= 0.3 is 0 Å². The molecule has 1 aromatic carbocycles. The van der Waals surface area contributed by atoms with E-state index < -0.39 is 5.76 Å². The lowest BCUT2D eigenvalue weighted by Gasteiger charge is -2.34. The highest BCUT2D eigenvalue weighted by atomic mass is 32.2. The SMILES string of the molecule is C[C@@H]1CCCN([C@@H](C)C(=O)Nc2ccc(SC(F)F)cc2)C1. The van der Waals surface area contributed by atoms with Crippen molar-refractivity contribution in [3.63, 3.8) is 0 Å². The number of amides is 1. The zero-order chi connectivity index (χ0) is 16.1. The smallest absolute Gasteiger partial charge is 0.288 e. The Balaban J connectivity index is 1.90. The molecular weight excluding hydrogens is 306 g/mol. The Morgan fingerprint density at radius 3 is 2.64 bits per heavy atom. The van der Waals surface area contributed by atoms with Gasteiger partial charge in [-0.15, -0.1) is 0 Å². The van der Waals surface area contributed by atoms with Crippen molar-refractivity contribution in [3.05, 3.63) is 24.3 Å². The molecule has 1 aliphatic heterocycles. The van der Waals surface area contributed by atoms with Crippen molar-refractivity contribution < 1.29 is 13.6 Å². The quantitative estimate of drug-likeness (QED) is 0.827. The minimum absolute atomic E-state index is 0.0524. The van der Waals surface area contributed by atoms with Crippen molar-refractivity contribution in [2.24, 2.45) is 5.92 Å². The normalized spacial score (nSPS) is 20.9. The molecule has 0 radical (unpaired) electrons. The Morgan fingerprint density at radius 1 is 1.36 bits per heavy atom. The van der Waals surface area contributed by atoms with E-state index in [1.807, 2.05) is 6.92 Å². The predicted octanol–water partition coefficient (Wildman–Crippen LogP) is 4.06. The van der Waals surface area contributed by atoms with Crippen LogP contribution in [0.25, 0.3) is 0 Å². The first-order valence-corrected chi connectivity index (χ1v) is 8.43. The molecule has 0 aromatic heterocycles. The van der Waals surface area contributed by atoms with Gasteiger partial charge in [0.2, 0.25) is 5.91 Å². The molecule has 1 fully saturated rings. The number of hydrogen-bond donors (Lipinski definition) is 1. The fourth-order valence-corrected chi connectivity index (χ4v) is 3.21.